The van der Waals surface area contributed by atoms with Crippen LogP contribution in [0.15, 0.2) is 24.8 Å². The van der Waals surface area contributed by atoms with Crippen LogP contribution in [0, 0.1) is 11.3 Å². The molecule has 0 spiro atoms. The number of aromatic nitrogens is 4. The van der Waals surface area contributed by atoms with E-state index in [0.717, 1.165) is 29.0 Å². The molecular weight excluding hydrogens is 863 g/mol. The number of hydrogen-bond donors (Lipinski definition) is 10. The number of imidazole rings is 1. The van der Waals surface area contributed by atoms with Gasteiger partial charge in [0.05, 0.1) is 19.5 Å². The maximum atomic E-state index is 12.7. The molecule has 26 nitrogen and oxygen atoms in total. The minimum atomic E-state index is -5.60. The van der Waals surface area contributed by atoms with Gasteiger partial charge in [0.1, 0.15) is 42.2 Å². The van der Waals surface area contributed by atoms with Gasteiger partial charge in [0.2, 0.25) is 16.9 Å². The quantitative estimate of drug-likeness (QED) is 0.0286. The van der Waals surface area contributed by atoms with E-state index >= 15 is 0 Å². The molecule has 2 amide bonds. The van der Waals surface area contributed by atoms with Gasteiger partial charge in [0, 0.05) is 30.7 Å². The summed E-state index contributed by atoms with van der Waals surface area (Å²) >= 11 is 0.727. The van der Waals surface area contributed by atoms with Gasteiger partial charge in [-0.25, -0.2) is 28.6 Å². The van der Waals surface area contributed by atoms with Crippen molar-refractivity contribution in [3.8, 4) is 0 Å². The standard InChI is InChI=1S/C28H44N7O19P3S/c1-14(2)9-15(26(40)41)27(42)58-8-7-30-17(36)5-6-31-24(39)21(38)28(3,4)11-51-57(48,49)54-56(46,47)50-10-16-20(53-55(43,44)45)19(37)25(52-16)35-13-34-18-22(29)32-12-33-23(18)35/h12-13,15-16,19-21,25,37-38H,1,5-11H2,2-4H3,(H,30,36)(H,31,39)(H,40,41)(H,46,47)(H,48,49)(H2,29,32,33)(H2,43,44,45)/t15?,16-,19-,20-,21+,25-/m1/s1. The van der Waals surface area contributed by atoms with Crippen LogP contribution in [0.3, 0.4) is 0 Å². The van der Waals surface area contributed by atoms with Crippen LogP contribution in [0.5, 0.6) is 0 Å². The zero-order valence-electron chi connectivity index (χ0n) is 30.9. The van der Waals surface area contributed by atoms with E-state index in [4.69, 9.17) is 19.5 Å². The Labute approximate surface area is 333 Å². The Hall–Kier alpha value is -3.23. The first-order valence-corrected chi connectivity index (χ1v) is 22.2. The minimum absolute atomic E-state index is 0.00450. The number of nitrogens with two attached hydrogens (primary N) is 1. The van der Waals surface area contributed by atoms with Gasteiger partial charge in [-0.15, -0.1) is 6.58 Å². The Kier molecular flexibility index (Phi) is 17.2. The molecule has 58 heavy (non-hydrogen) atoms. The summed E-state index contributed by atoms with van der Waals surface area (Å²) in [6, 6.07) is 0. The van der Waals surface area contributed by atoms with E-state index in [2.05, 4.69) is 41.0 Å². The summed E-state index contributed by atoms with van der Waals surface area (Å²) in [7, 11) is -16.5. The van der Waals surface area contributed by atoms with E-state index < -0.39 is 102 Å². The topological polar surface area (TPSA) is 401 Å². The predicted octanol–water partition coefficient (Wildman–Crippen LogP) is -0.668. The Balaban J connectivity index is 1.48. The second-order valence-electron chi connectivity index (χ2n) is 13.3. The van der Waals surface area contributed by atoms with E-state index in [1.807, 2.05) is 0 Å². The zero-order chi connectivity index (χ0) is 43.8. The zero-order valence-corrected chi connectivity index (χ0v) is 34.4. The second-order valence-corrected chi connectivity index (χ2v) is 18.6. The number of phosphoric acid groups is 3. The lowest BCUT2D eigenvalue weighted by molar-refractivity contribution is -0.144. The molecule has 3 unspecified atom stereocenters. The van der Waals surface area contributed by atoms with E-state index in [1.165, 1.54) is 13.8 Å². The molecule has 0 saturated carbocycles. The molecule has 0 radical (unpaired) electrons. The number of nitrogens with zero attached hydrogens (tertiary/aromatic N) is 4. The Morgan fingerprint density at radius 2 is 1.72 bits per heavy atom. The predicted molar refractivity (Wildman–Crippen MR) is 198 cm³/mol. The molecule has 3 heterocycles. The monoisotopic (exact) mass is 907 g/mol. The van der Waals surface area contributed by atoms with Crippen LogP contribution in [0.25, 0.3) is 11.2 Å². The number of thioether (sulfide) groups is 1. The van der Waals surface area contributed by atoms with Crippen molar-refractivity contribution in [2.24, 2.45) is 11.3 Å². The van der Waals surface area contributed by atoms with Crippen molar-refractivity contribution >= 4 is 75.1 Å². The van der Waals surface area contributed by atoms with E-state index in [0.29, 0.717) is 5.57 Å². The number of carboxylic acid groups (broad SMARTS) is 1. The molecule has 8 atom stereocenters. The molecule has 2 aromatic rings. The van der Waals surface area contributed by atoms with Gasteiger partial charge in [0.15, 0.2) is 17.7 Å². The molecule has 11 N–H and O–H groups in total. The van der Waals surface area contributed by atoms with E-state index in [1.54, 1.807) is 6.92 Å². The maximum Gasteiger partial charge on any atom is 0.481 e. The SMILES string of the molecule is C=C(C)CC(C(=O)O)C(=O)SCCNC(=O)CCNC(=O)[C@H](O)C(C)(C)COP(=O)(O)OP(=O)(O)OC[C@H]1O[C@@H](n2cnc3c(N)ncnc32)[C@H](O)[C@@H]1OP(=O)(O)O. The summed E-state index contributed by atoms with van der Waals surface area (Å²) in [4.78, 5) is 99.1. The molecule has 30 heteroatoms. The summed E-state index contributed by atoms with van der Waals surface area (Å²) in [5.41, 5.74) is 4.70. The number of carboxylic acids is 1. The van der Waals surface area contributed by atoms with Crippen molar-refractivity contribution in [2.75, 3.05) is 37.8 Å². The van der Waals surface area contributed by atoms with Crippen molar-refractivity contribution < 1.29 is 90.4 Å². The molecule has 3 rings (SSSR count). The highest BCUT2D eigenvalue weighted by atomic mass is 32.2. The van der Waals surface area contributed by atoms with Gasteiger partial charge in [-0.2, -0.15) is 4.31 Å². The van der Waals surface area contributed by atoms with Crippen LogP contribution in [-0.2, 0) is 55.5 Å². The van der Waals surface area contributed by atoms with Crippen molar-refractivity contribution in [1.29, 1.82) is 0 Å². The largest absolute Gasteiger partial charge is 0.481 e. The van der Waals surface area contributed by atoms with Gasteiger partial charge in [-0.1, -0.05) is 31.2 Å². The molecule has 1 saturated heterocycles. The number of anilines is 1. The number of aliphatic hydroxyl groups is 2. The van der Waals surface area contributed by atoms with Crippen LogP contribution in [0.2, 0.25) is 0 Å². The highest BCUT2D eigenvalue weighted by molar-refractivity contribution is 8.13. The van der Waals surface area contributed by atoms with Gasteiger partial charge >= 0.3 is 29.4 Å². The third-order valence-corrected chi connectivity index (χ3v) is 12.0. The Bertz CT molecular complexity index is 1980. The molecule has 2 aromatic heterocycles. The summed E-state index contributed by atoms with van der Waals surface area (Å²) in [6.07, 6.45) is -7.18. The molecule has 0 aliphatic carbocycles. The van der Waals surface area contributed by atoms with Crippen molar-refractivity contribution in [3.05, 3.63) is 24.8 Å². The van der Waals surface area contributed by atoms with Crippen molar-refractivity contribution in [2.45, 2.75) is 64.3 Å². The Morgan fingerprint density at radius 1 is 1.07 bits per heavy atom. The van der Waals surface area contributed by atoms with Crippen molar-refractivity contribution in [3.63, 3.8) is 0 Å². The first kappa shape index (κ1) is 49.1. The van der Waals surface area contributed by atoms with Crippen LogP contribution >= 0.6 is 35.2 Å². The lowest BCUT2D eigenvalue weighted by atomic mass is 9.87. The van der Waals surface area contributed by atoms with Crippen LogP contribution in [0.4, 0.5) is 5.82 Å². The highest BCUT2D eigenvalue weighted by Crippen LogP contribution is 2.61. The number of phosphoric ester groups is 3. The fourth-order valence-electron chi connectivity index (χ4n) is 5.00. The number of carbonyl (C=O) groups is 4. The fraction of sp³-hybridized carbons (Fsp3) is 0.607. The average molecular weight is 908 g/mol. The smallest absolute Gasteiger partial charge is 0.481 e. The number of fused-ring (bicyclic) bond motifs is 1. The first-order chi connectivity index (χ1) is 26.7. The van der Waals surface area contributed by atoms with E-state index in [9.17, 15) is 67.8 Å². The molecular formula is C28H44N7O19P3S. The number of amides is 2. The fourth-order valence-corrected chi connectivity index (χ4v) is 8.62. The number of aliphatic carboxylic acids is 1. The Morgan fingerprint density at radius 3 is 2.34 bits per heavy atom. The molecule has 326 valence electrons. The van der Waals surface area contributed by atoms with Gasteiger partial charge in [-0.05, 0) is 13.3 Å². The maximum absolute atomic E-state index is 12.7. The van der Waals surface area contributed by atoms with Crippen LogP contribution in [-0.4, -0.2) is 134 Å². The third-order valence-electron chi connectivity index (χ3n) is 7.88. The first-order valence-electron chi connectivity index (χ1n) is 16.7. The summed E-state index contributed by atoms with van der Waals surface area (Å²) in [5, 5.41) is 34.8. The highest BCUT2D eigenvalue weighted by Gasteiger charge is 2.50. The number of carbonyl (C=O) groups excluding carboxylic acids is 3. The molecule has 1 fully saturated rings. The molecule has 1 aliphatic heterocycles. The third kappa shape index (κ3) is 14.5. The van der Waals surface area contributed by atoms with Crippen LogP contribution in [0.1, 0.15) is 39.8 Å². The number of allylic oxidation sites excluding steroid dienone is 1. The number of nitrogens with one attached hydrogen (secondary N) is 2. The number of aliphatic hydroxyl groups excluding tert-OH is 2. The lowest BCUT2D eigenvalue weighted by Gasteiger charge is -2.30. The average Bonchev–Trinajstić information content (AvgIpc) is 3.66. The van der Waals surface area contributed by atoms with Crippen molar-refractivity contribution in [1.82, 2.24) is 30.2 Å². The molecule has 0 aromatic carbocycles. The molecule has 0 bridgehead atoms. The molecule has 1 aliphatic rings. The van der Waals surface area contributed by atoms with Gasteiger partial charge in [-0.3, -0.25) is 37.3 Å². The van der Waals surface area contributed by atoms with E-state index in [-0.39, 0.29) is 48.7 Å². The second kappa shape index (κ2) is 20.4. The number of nitrogen functional groups attached to an aromatic ring is 1. The number of hydrogen-bond acceptors (Lipinski definition) is 19. The van der Waals surface area contributed by atoms with Gasteiger partial charge < -0.3 is 56.0 Å². The summed E-state index contributed by atoms with van der Waals surface area (Å²) in [5.74, 6) is -4.12. The number of rotatable bonds is 23. The van der Waals surface area contributed by atoms with Crippen LogP contribution < -0.4 is 16.4 Å². The normalized spacial score (nSPS) is 21.7. The number of ether oxygens (including phenoxy) is 1. The minimum Gasteiger partial charge on any atom is -0.481 e. The summed E-state index contributed by atoms with van der Waals surface area (Å²) in [6.45, 7) is 5.27. The lowest BCUT2D eigenvalue weighted by Crippen LogP contribution is -2.46. The van der Waals surface area contributed by atoms with Gasteiger partial charge in [0.25, 0.3) is 0 Å². The summed E-state index contributed by atoms with van der Waals surface area (Å²) < 4.78 is 62.0.